The van der Waals surface area contributed by atoms with Gasteiger partial charge in [-0.3, -0.25) is 4.79 Å². The van der Waals surface area contributed by atoms with Gasteiger partial charge in [-0.25, -0.2) is 0 Å². The van der Waals surface area contributed by atoms with Crippen molar-refractivity contribution >= 4 is 5.78 Å². The molecule has 0 heterocycles. The van der Waals surface area contributed by atoms with E-state index in [1.807, 2.05) is 0 Å². The molecule has 0 aromatic heterocycles. The molecule has 0 N–H and O–H groups in total. The predicted molar refractivity (Wildman–Crippen MR) is 70.6 cm³/mol. The minimum atomic E-state index is -0.149. The Morgan fingerprint density at radius 3 is 2.53 bits per heavy atom. The standard InChI is InChI=1S/C15H24O2/c1-7-8-17-12-9-14(3,4)13(11(2)16)15(5,6)10-12/h7,9,13H,1,8,10H2,2-6H3. The van der Waals surface area contributed by atoms with Crippen LogP contribution in [0.3, 0.4) is 0 Å². The fourth-order valence-corrected chi connectivity index (χ4v) is 3.44. The second-order valence-corrected chi connectivity index (χ2v) is 6.24. The lowest BCUT2D eigenvalue weighted by Gasteiger charge is -2.46. The predicted octanol–water partition coefficient (Wildman–Crippen LogP) is 3.73. The van der Waals surface area contributed by atoms with Gasteiger partial charge in [-0.15, -0.1) is 0 Å². The molecular weight excluding hydrogens is 212 g/mol. The Morgan fingerprint density at radius 1 is 1.53 bits per heavy atom. The van der Waals surface area contributed by atoms with Crippen molar-refractivity contribution in [2.45, 2.75) is 41.0 Å². The average Bonchev–Trinajstić information content (AvgIpc) is 2.09. The topological polar surface area (TPSA) is 26.3 Å². The van der Waals surface area contributed by atoms with Gasteiger partial charge in [0.2, 0.25) is 0 Å². The smallest absolute Gasteiger partial charge is 0.134 e. The number of hydrogen-bond acceptors (Lipinski definition) is 2. The number of Topliss-reactive ketones (excluding diaryl/α,β-unsaturated/α-hetero) is 1. The van der Waals surface area contributed by atoms with Crippen molar-refractivity contribution < 1.29 is 9.53 Å². The third-order valence-electron chi connectivity index (χ3n) is 3.48. The zero-order chi connectivity index (χ0) is 13.3. The second kappa shape index (κ2) is 4.67. The highest BCUT2D eigenvalue weighted by Crippen LogP contribution is 2.50. The Bertz CT molecular complexity index is 348. The molecule has 17 heavy (non-hydrogen) atoms. The monoisotopic (exact) mass is 236 g/mol. The first-order chi connectivity index (χ1) is 7.70. The molecule has 1 atom stereocenters. The molecule has 0 fully saturated rings. The summed E-state index contributed by atoms with van der Waals surface area (Å²) in [5.74, 6) is 1.29. The van der Waals surface area contributed by atoms with Gasteiger partial charge >= 0.3 is 0 Å². The van der Waals surface area contributed by atoms with Gasteiger partial charge in [0, 0.05) is 12.3 Å². The van der Waals surface area contributed by atoms with Crippen LogP contribution < -0.4 is 0 Å². The van der Waals surface area contributed by atoms with Crippen LogP contribution in [0, 0.1) is 16.7 Å². The van der Waals surface area contributed by atoms with Gasteiger partial charge in [0.25, 0.3) is 0 Å². The molecule has 0 amide bonds. The minimum absolute atomic E-state index is 0.0473. The van der Waals surface area contributed by atoms with E-state index in [1.165, 1.54) is 0 Å². The highest BCUT2D eigenvalue weighted by Gasteiger charge is 2.46. The quantitative estimate of drug-likeness (QED) is 0.695. The van der Waals surface area contributed by atoms with Gasteiger partial charge in [0.15, 0.2) is 0 Å². The summed E-state index contributed by atoms with van der Waals surface area (Å²) in [6.45, 7) is 14.4. The Labute approximate surface area is 105 Å². The van der Waals surface area contributed by atoms with Crippen molar-refractivity contribution in [3.8, 4) is 0 Å². The van der Waals surface area contributed by atoms with Crippen molar-refractivity contribution in [2.24, 2.45) is 16.7 Å². The first-order valence-corrected chi connectivity index (χ1v) is 6.16. The Balaban J connectivity index is 3.05. The molecule has 2 nitrogen and oxygen atoms in total. The molecule has 96 valence electrons. The lowest BCUT2D eigenvalue weighted by Crippen LogP contribution is -2.43. The van der Waals surface area contributed by atoms with E-state index in [4.69, 9.17) is 4.74 Å². The molecule has 0 spiro atoms. The fourth-order valence-electron chi connectivity index (χ4n) is 3.44. The largest absolute Gasteiger partial charge is 0.494 e. The Hall–Kier alpha value is -1.05. The summed E-state index contributed by atoms with van der Waals surface area (Å²) in [4.78, 5) is 11.9. The first kappa shape index (κ1) is 14.0. The zero-order valence-electron chi connectivity index (χ0n) is 11.7. The van der Waals surface area contributed by atoms with Crippen LogP contribution in [0.1, 0.15) is 41.0 Å². The number of rotatable bonds is 4. The van der Waals surface area contributed by atoms with Gasteiger partial charge in [-0.05, 0) is 23.8 Å². The highest BCUT2D eigenvalue weighted by molar-refractivity contribution is 5.80. The molecule has 1 aliphatic carbocycles. The lowest BCUT2D eigenvalue weighted by atomic mass is 9.58. The average molecular weight is 236 g/mol. The molecule has 0 bridgehead atoms. The molecule has 0 aromatic rings. The van der Waals surface area contributed by atoms with Gasteiger partial charge in [0.05, 0.1) is 5.76 Å². The first-order valence-electron chi connectivity index (χ1n) is 6.16. The van der Waals surface area contributed by atoms with E-state index >= 15 is 0 Å². The minimum Gasteiger partial charge on any atom is -0.494 e. The molecule has 2 heteroatoms. The Kier molecular flexibility index (Phi) is 3.85. The van der Waals surface area contributed by atoms with Crippen LogP contribution in [0.2, 0.25) is 0 Å². The molecule has 1 rings (SSSR count). The summed E-state index contributed by atoms with van der Waals surface area (Å²) in [6.07, 6.45) is 4.67. The van der Waals surface area contributed by atoms with Gasteiger partial charge in [-0.2, -0.15) is 0 Å². The van der Waals surface area contributed by atoms with Gasteiger partial charge in [-0.1, -0.05) is 40.3 Å². The van der Waals surface area contributed by atoms with E-state index in [0.717, 1.165) is 12.2 Å². The summed E-state index contributed by atoms with van der Waals surface area (Å²) < 4.78 is 5.66. The van der Waals surface area contributed by atoms with Crippen LogP contribution in [0.5, 0.6) is 0 Å². The van der Waals surface area contributed by atoms with Crippen LogP contribution >= 0.6 is 0 Å². The summed E-state index contributed by atoms with van der Waals surface area (Å²) in [5.41, 5.74) is -0.204. The normalized spacial score (nSPS) is 25.9. The summed E-state index contributed by atoms with van der Waals surface area (Å²) in [7, 11) is 0. The molecule has 0 saturated heterocycles. The SMILES string of the molecule is C=CCOC1=CC(C)(C)C(C(C)=O)C(C)(C)C1. The van der Waals surface area contributed by atoms with Crippen LogP contribution in [0.25, 0.3) is 0 Å². The number of ketones is 1. The van der Waals surface area contributed by atoms with Crippen molar-refractivity contribution in [3.05, 3.63) is 24.5 Å². The molecule has 1 aliphatic rings. The third-order valence-corrected chi connectivity index (χ3v) is 3.48. The molecular formula is C15H24O2. The maximum Gasteiger partial charge on any atom is 0.134 e. The van der Waals surface area contributed by atoms with Crippen molar-refractivity contribution in [1.29, 1.82) is 0 Å². The van der Waals surface area contributed by atoms with E-state index in [1.54, 1.807) is 13.0 Å². The number of ether oxygens (including phenoxy) is 1. The van der Waals surface area contributed by atoms with Crippen LogP contribution in [-0.2, 0) is 9.53 Å². The molecule has 0 saturated carbocycles. The maximum atomic E-state index is 11.9. The fraction of sp³-hybridized carbons (Fsp3) is 0.667. The van der Waals surface area contributed by atoms with Crippen molar-refractivity contribution in [2.75, 3.05) is 6.61 Å². The lowest BCUT2D eigenvalue weighted by molar-refractivity contribution is -0.129. The van der Waals surface area contributed by atoms with Gasteiger partial charge in [0.1, 0.15) is 12.4 Å². The second-order valence-electron chi connectivity index (χ2n) is 6.24. The highest BCUT2D eigenvalue weighted by atomic mass is 16.5. The van der Waals surface area contributed by atoms with Crippen LogP contribution in [0.15, 0.2) is 24.5 Å². The molecule has 0 aliphatic heterocycles. The summed E-state index contributed by atoms with van der Waals surface area (Å²) in [6, 6.07) is 0. The molecule has 0 aromatic carbocycles. The number of hydrogen-bond donors (Lipinski definition) is 0. The zero-order valence-corrected chi connectivity index (χ0v) is 11.7. The van der Waals surface area contributed by atoms with Crippen LogP contribution in [-0.4, -0.2) is 12.4 Å². The van der Waals surface area contributed by atoms with E-state index in [-0.39, 0.29) is 22.5 Å². The number of allylic oxidation sites excluding steroid dienone is 2. The van der Waals surface area contributed by atoms with Crippen molar-refractivity contribution in [3.63, 3.8) is 0 Å². The molecule has 0 radical (unpaired) electrons. The van der Waals surface area contributed by atoms with Gasteiger partial charge < -0.3 is 4.74 Å². The van der Waals surface area contributed by atoms with E-state index in [0.29, 0.717) is 6.61 Å². The third kappa shape index (κ3) is 2.99. The van der Waals surface area contributed by atoms with E-state index in [2.05, 4.69) is 40.3 Å². The van der Waals surface area contributed by atoms with Crippen molar-refractivity contribution in [1.82, 2.24) is 0 Å². The summed E-state index contributed by atoms with van der Waals surface area (Å²) >= 11 is 0. The maximum absolute atomic E-state index is 11.9. The number of carbonyl (C=O) groups excluding carboxylic acids is 1. The van der Waals surface area contributed by atoms with E-state index in [9.17, 15) is 4.79 Å². The van der Waals surface area contributed by atoms with Crippen LogP contribution in [0.4, 0.5) is 0 Å². The summed E-state index contributed by atoms with van der Waals surface area (Å²) in [5, 5.41) is 0. The Morgan fingerprint density at radius 2 is 2.12 bits per heavy atom. The van der Waals surface area contributed by atoms with E-state index < -0.39 is 0 Å². The number of carbonyl (C=O) groups is 1. The molecule has 1 unspecified atom stereocenters.